The summed E-state index contributed by atoms with van der Waals surface area (Å²) in [5, 5.41) is 3.39. The molecular formula is C20H27NO2. The van der Waals surface area contributed by atoms with E-state index in [2.05, 4.69) is 26.1 Å². The lowest BCUT2D eigenvalue weighted by Gasteiger charge is -2.16. The minimum Gasteiger partial charge on any atom is -0.494 e. The maximum Gasteiger partial charge on any atom is 0.119 e. The van der Waals surface area contributed by atoms with Crippen LogP contribution in [0.2, 0.25) is 0 Å². The molecule has 1 N–H and O–H groups in total. The number of hydrogen-bond donors (Lipinski definition) is 1. The maximum atomic E-state index is 5.85. The average Bonchev–Trinajstić information content (AvgIpc) is 2.55. The first-order valence-corrected chi connectivity index (χ1v) is 8.32. The Balaban J connectivity index is 1.73. The highest BCUT2D eigenvalue weighted by Crippen LogP contribution is 2.17. The van der Waals surface area contributed by atoms with Crippen molar-refractivity contribution in [3.05, 3.63) is 54.6 Å². The molecule has 3 nitrogen and oxygen atoms in total. The molecule has 3 heteroatoms. The summed E-state index contributed by atoms with van der Waals surface area (Å²) in [5.74, 6) is 2.49. The highest BCUT2D eigenvalue weighted by Gasteiger charge is 2.04. The van der Waals surface area contributed by atoms with E-state index < -0.39 is 0 Å². The van der Waals surface area contributed by atoms with Crippen LogP contribution in [0.15, 0.2) is 54.6 Å². The Morgan fingerprint density at radius 1 is 0.870 bits per heavy atom. The first kappa shape index (κ1) is 17.2. The number of nitrogens with one attached hydrogen (secondary N) is 1. The summed E-state index contributed by atoms with van der Waals surface area (Å²) in [5.41, 5.74) is 1.07. The molecule has 0 aliphatic carbocycles. The van der Waals surface area contributed by atoms with Gasteiger partial charge in [-0.15, -0.1) is 0 Å². The van der Waals surface area contributed by atoms with Crippen molar-refractivity contribution in [1.29, 1.82) is 0 Å². The highest BCUT2D eigenvalue weighted by molar-refractivity contribution is 5.46. The van der Waals surface area contributed by atoms with Crippen LogP contribution >= 0.6 is 0 Å². The van der Waals surface area contributed by atoms with Crippen molar-refractivity contribution < 1.29 is 9.47 Å². The summed E-state index contributed by atoms with van der Waals surface area (Å²) in [6.45, 7) is 7.99. The first-order chi connectivity index (χ1) is 11.1. The second-order valence-electron chi connectivity index (χ2n) is 6.18. The van der Waals surface area contributed by atoms with E-state index in [4.69, 9.17) is 9.47 Å². The van der Waals surface area contributed by atoms with E-state index in [9.17, 15) is 0 Å². The van der Waals surface area contributed by atoms with Gasteiger partial charge in [-0.3, -0.25) is 0 Å². The molecule has 0 fully saturated rings. The van der Waals surface area contributed by atoms with Gasteiger partial charge in [0.1, 0.15) is 17.6 Å². The second kappa shape index (κ2) is 9.09. The van der Waals surface area contributed by atoms with E-state index in [0.29, 0.717) is 5.92 Å². The number of rotatable bonds is 9. The van der Waals surface area contributed by atoms with Crippen molar-refractivity contribution in [3.8, 4) is 11.5 Å². The molecule has 0 heterocycles. The Hall–Kier alpha value is -2.16. The average molecular weight is 313 g/mol. The fourth-order valence-electron chi connectivity index (χ4n) is 2.12. The molecule has 0 aliphatic heterocycles. The van der Waals surface area contributed by atoms with Gasteiger partial charge in [0.2, 0.25) is 0 Å². The van der Waals surface area contributed by atoms with Gasteiger partial charge in [-0.05, 0) is 55.7 Å². The van der Waals surface area contributed by atoms with Gasteiger partial charge in [0.15, 0.2) is 0 Å². The molecule has 0 amide bonds. The van der Waals surface area contributed by atoms with Gasteiger partial charge in [-0.1, -0.05) is 32.0 Å². The summed E-state index contributed by atoms with van der Waals surface area (Å²) < 4.78 is 11.6. The number of hydrogen-bond acceptors (Lipinski definition) is 3. The third-order valence-electron chi connectivity index (χ3n) is 3.49. The van der Waals surface area contributed by atoms with Crippen LogP contribution in [0.25, 0.3) is 0 Å². The normalized spacial score (nSPS) is 12.0. The van der Waals surface area contributed by atoms with Crippen LogP contribution in [0, 0.1) is 5.92 Å². The van der Waals surface area contributed by atoms with Crippen LogP contribution in [0.5, 0.6) is 11.5 Å². The molecule has 1 atom stereocenters. The van der Waals surface area contributed by atoms with Crippen molar-refractivity contribution in [1.82, 2.24) is 0 Å². The van der Waals surface area contributed by atoms with Gasteiger partial charge in [0.25, 0.3) is 0 Å². The van der Waals surface area contributed by atoms with E-state index in [1.165, 1.54) is 0 Å². The van der Waals surface area contributed by atoms with Crippen LogP contribution in [0.3, 0.4) is 0 Å². The van der Waals surface area contributed by atoms with Crippen molar-refractivity contribution in [3.63, 3.8) is 0 Å². The third kappa shape index (κ3) is 6.64. The molecule has 124 valence electrons. The highest BCUT2D eigenvalue weighted by atomic mass is 16.5. The fraction of sp³-hybridized carbons (Fsp3) is 0.400. The van der Waals surface area contributed by atoms with Crippen LogP contribution in [0.4, 0.5) is 5.69 Å². The standard InChI is InChI=1S/C20H27NO2/c1-16(2)13-14-22-19-11-9-18(10-12-19)21-15-17(3)23-20-7-5-4-6-8-20/h4-12,16-17,21H,13-15H2,1-3H3. The topological polar surface area (TPSA) is 30.5 Å². The van der Waals surface area contributed by atoms with Gasteiger partial charge in [0.05, 0.1) is 13.2 Å². The minimum absolute atomic E-state index is 0.0966. The van der Waals surface area contributed by atoms with Gasteiger partial charge >= 0.3 is 0 Å². The summed E-state index contributed by atoms with van der Waals surface area (Å²) in [7, 11) is 0. The van der Waals surface area contributed by atoms with Crippen molar-refractivity contribution in [2.24, 2.45) is 5.92 Å². The third-order valence-corrected chi connectivity index (χ3v) is 3.49. The lowest BCUT2D eigenvalue weighted by Crippen LogP contribution is -2.22. The number of anilines is 1. The van der Waals surface area contributed by atoms with Crippen LogP contribution < -0.4 is 14.8 Å². The largest absolute Gasteiger partial charge is 0.494 e. The van der Waals surface area contributed by atoms with Crippen molar-refractivity contribution >= 4 is 5.69 Å². The first-order valence-electron chi connectivity index (χ1n) is 8.32. The maximum absolute atomic E-state index is 5.85. The lowest BCUT2D eigenvalue weighted by molar-refractivity contribution is 0.235. The molecule has 0 radical (unpaired) electrons. The van der Waals surface area contributed by atoms with Crippen LogP contribution in [0.1, 0.15) is 27.2 Å². The summed E-state index contributed by atoms with van der Waals surface area (Å²) in [6.07, 6.45) is 1.17. The molecule has 2 aromatic rings. The summed E-state index contributed by atoms with van der Waals surface area (Å²) in [4.78, 5) is 0. The van der Waals surface area contributed by atoms with Crippen molar-refractivity contribution in [2.45, 2.75) is 33.3 Å². The monoisotopic (exact) mass is 313 g/mol. The molecule has 0 saturated carbocycles. The molecule has 0 saturated heterocycles. The van der Waals surface area contributed by atoms with E-state index in [1.807, 2.05) is 54.6 Å². The molecule has 0 bridgehead atoms. The predicted octanol–water partition coefficient (Wildman–Crippen LogP) is 4.99. The molecule has 23 heavy (non-hydrogen) atoms. The van der Waals surface area contributed by atoms with Gasteiger partial charge in [-0.2, -0.15) is 0 Å². The molecule has 0 aromatic heterocycles. The number of para-hydroxylation sites is 1. The molecule has 0 spiro atoms. The van der Waals surface area contributed by atoms with Gasteiger partial charge in [0, 0.05) is 5.69 Å². The summed E-state index contributed by atoms with van der Waals surface area (Å²) in [6, 6.07) is 18.0. The van der Waals surface area contributed by atoms with E-state index in [-0.39, 0.29) is 6.10 Å². The number of ether oxygens (including phenoxy) is 2. The van der Waals surface area contributed by atoms with Crippen LogP contribution in [-0.4, -0.2) is 19.3 Å². The Bertz CT molecular complexity index is 552. The quantitative estimate of drug-likeness (QED) is 0.707. The summed E-state index contributed by atoms with van der Waals surface area (Å²) >= 11 is 0. The molecular weight excluding hydrogens is 286 g/mol. The zero-order chi connectivity index (χ0) is 16.5. The smallest absolute Gasteiger partial charge is 0.119 e. The zero-order valence-electron chi connectivity index (χ0n) is 14.3. The molecule has 2 rings (SSSR count). The SMILES string of the molecule is CC(C)CCOc1ccc(NCC(C)Oc2ccccc2)cc1. The lowest BCUT2D eigenvalue weighted by atomic mass is 10.1. The molecule has 1 unspecified atom stereocenters. The molecule has 0 aliphatic rings. The van der Waals surface area contributed by atoms with E-state index >= 15 is 0 Å². The van der Waals surface area contributed by atoms with Gasteiger partial charge in [-0.25, -0.2) is 0 Å². The molecule has 2 aromatic carbocycles. The Morgan fingerprint density at radius 3 is 2.22 bits per heavy atom. The van der Waals surface area contributed by atoms with E-state index in [1.54, 1.807) is 0 Å². The predicted molar refractivity (Wildman–Crippen MR) is 96.4 cm³/mol. The minimum atomic E-state index is 0.0966. The Labute approximate surface area is 139 Å². The van der Waals surface area contributed by atoms with Crippen molar-refractivity contribution in [2.75, 3.05) is 18.5 Å². The van der Waals surface area contributed by atoms with Gasteiger partial charge < -0.3 is 14.8 Å². The fourth-order valence-corrected chi connectivity index (χ4v) is 2.12. The number of benzene rings is 2. The van der Waals surface area contributed by atoms with E-state index in [0.717, 1.165) is 36.8 Å². The second-order valence-corrected chi connectivity index (χ2v) is 6.18. The Kier molecular flexibility index (Phi) is 6.79. The zero-order valence-corrected chi connectivity index (χ0v) is 14.3. The van der Waals surface area contributed by atoms with Crippen LogP contribution in [-0.2, 0) is 0 Å². The Morgan fingerprint density at radius 2 is 1.57 bits per heavy atom.